The highest BCUT2D eigenvalue weighted by atomic mass is 127. The molecule has 0 radical (unpaired) electrons. The van der Waals surface area contributed by atoms with Gasteiger partial charge in [-0.1, -0.05) is 12.1 Å². The number of hydrogen-bond donors (Lipinski definition) is 2. The topological polar surface area (TPSA) is 69.2 Å². The van der Waals surface area contributed by atoms with Gasteiger partial charge < -0.3 is 25.2 Å². The van der Waals surface area contributed by atoms with E-state index in [0.717, 1.165) is 69.4 Å². The van der Waals surface area contributed by atoms with E-state index in [-0.39, 0.29) is 29.9 Å². The van der Waals surface area contributed by atoms with Crippen molar-refractivity contribution in [1.82, 2.24) is 15.5 Å². The fourth-order valence-corrected chi connectivity index (χ4v) is 3.17. The number of hydrogen-bond acceptors (Lipinski definition) is 4. The van der Waals surface area contributed by atoms with Gasteiger partial charge in [0.1, 0.15) is 0 Å². The molecule has 0 aromatic heterocycles. The van der Waals surface area contributed by atoms with Crippen LogP contribution in [0, 0.1) is 0 Å². The molecule has 164 valence electrons. The minimum absolute atomic E-state index is 0. The molecule has 1 saturated heterocycles. The summed E-state index contributed by atoms with van der Waals surface area (Å²) in [4.78, 5) is 20.7. The van der Waals surface area contributed by atoms with Crippen LogP contribution in [0.2, 0.25) is 0 Å². The van der Waals surface area contributed by atoms with E-state index in [9.17, 15) is 4.79 Å². The number of nitrogens with zero attached hydrogens (tertiary/aromatic N) is 3. The van der Waals surface area contributed by atoms with Gasteiger partial charge in [-0.2, -0.15) is 0 Å². The fourth-order valence-electron chi connectivity index (χ4n) is 3.17. The molecular weight excluding hydrogens is 481 g/mol. The third-order valence-corrected chi connectivity index (χ3v) is 4.76. The number of benzene rings is 1. The molecule has 1 aliphatic rings. The Hall–Kier alpha value is -1.39. The van der Waals surface area contributed by atoms with Gasteiger partial charge in [0.25, 0.3) is 0 Å². The molecule has 7 nitrogen and oxygen atoms in total. The van der Waals surface area contributed by atoms with Gasteiger partial charge in [0.2, 0.25) is 5.91 Å². The van der Waals surface area contributed by atoms with Crippen molar-refractivity contribution in [3.8, 4) is 0 Å². The Labute approximate surface area is 192 Å². The first-order valence-corrected chi connectivity index (χ1v) is 10.2. The fraction of sp³-hybridized carbons (Fsp3) is 0.619. The maximum absolute atomic E-state index is 11.8. The summed E-state index contributed by atoms with van der Waals surface area (Å²) < 4.78 is 5.09. The Kier molecular flexibility index (Phi) is 12.9. The highest BCUT2D eigenvalue weighted by Gasteiger charge is 2.21. The number of aliphatic imine (C=N–C) groups is 1. The van der Waals surface area contributed by atoms with Gasteiger partial charge in [-0.3, -0.25) is 4.79 Å². The van der Waals surface area contributed by atoms with Crippen LogP contribution in [0.3, 0.4) is 0 Å². The zero-order valence-corrected chi connectivity index (χ0v) is 20.3. The molecule has 1 aromatic rings. The van der Waals surface area contributed by atoms with Crippen LogP contribution in [0.1, 0.15) is 31.7 Å². The molecule has 0 spiro atoms. The van der Waals surface area contributed by atoms with E-state index in [1.54, 1.807) is 7.11 Å². The molecule has 2 rings (SSSR count). The van der Waals surface area contributed by atoms with E-state index < -0.39 is 0 Å². The van der Waals surface area contributed by atoms with Gasteiger partial charge in [0.05, 0.1) is 6.54 Å². The zero-order chi connectivity index (χ0) is 20.2. The van der Waals surface area contributed by atoms with Crippen LogP contribution in [-0.4, -0.2) is 70.3 Å². The van der Waals surface area contributed by atoms with Crippen LogP contribution < -0.4 is 15.5 Å². The van der Waals surface area contributed by atoms with Gasteiger partial charge in [-0.15, -0.1) is 24.0 Å². The highest BCUT2D eigenvalue weighted by molar-refractivity contribution is 14.0. The monoisotopic (exact) mass is 517 g/mol. The number of amides is 1. The number of ether oxygens (including phenoxy) is 1. The van der Waals surface area contributed by atoms with Crippen LogP contribution in [-0.2, 0) is 16.1 Å². The average Bonchev–Trinajstić information content (AvgIpc) is 3.12. The molecule has 1 amide bonds. The van der Waals surface area contributed by atoms with E-state index in [2.05, 4.69) is 46.6 Å². The lowest BCUT2D eigenvalue weighted by molar-refractivity contribution is -0.117. The Morgan fingerprint density at radius 1 is 1.24 bits per heavy atom. The van der Waals surface area contributed by atoms with E-state index in [1.165, 1.54) is 0 Å². The Bertz CT molecular complexity index is 624. The van der Waals surface area contributed by atoms with Crippen molar-refractivity contribution in [2.24, 2.45) is 4.99 Å². The molecule has 0 atom stereocenters. The van der Waals surface area contributed by atoms with Crippen LogP contribution in [0.5, 0.6) is 0 Å². The normalized spacial score (nSPS) is 14.3. The third kappa shape index (κ3) is 9.31. The van der Waals surface area contributed by atoms with Crippen molar-refractivity contribution < 1.29 is 9.53 Å². The van der Waals surface area contributed by atoms with Gasteiger partial charge in [-0.05, 0) is 44.5 Å². The molecule has 1 aromatic carbocycles. The molecule has 0 aliphatic carbocycles. The molecule has 1 fully saturated rings. The van der Waals surface area contributed by atoms with Crippen molar-refractivity contribution in [1.29, 1.82) is 0 Å². The maximum Gasteiger partial charge on any atom is 0.227 e. The van der Waals surface area contributed by atoms with Crippen molar-refractivity contribution in [2.75, 3.05) is 58.4 Å². The second-order valence-corrected chi connectivity index (χ2v) is 7.09. The standard InChI is InChI=1S/C21H35N5O2.HI/c1-4-22-21(23-12-15-25(2)13-6-16-28-3)24-17-18-8-10-19(11-9-18)26-14-5-7-20(26)27;/h8-11H,4-7,12-17H2,1-3H3,(H2,22,23,24);1H. The molecule has 8 heteroatoms. The van der Waals surface area contributed by atoms with Gasteiger partial charge in [0, 0.05) is 58.5 Å². The lowest BCUT2D eigenvalue weighted by atomic mass is 10.2. The summed E-state index contributed by atoms with van der Waals surface area (Å²) in [5.74, 6) is 1.04. The van der Waals surface area contributed by atoms with Gasteiger partial charge in [-0.25, -0.2) is 4.99 Å². The van der Waals surface area contributed by atoms with Crippen molar-refractivity contribution in [3.05, 3.63) is 29.8 Å². The predicted molar refractivity (Wildman–Crippen MR) is 130 cm³/mol. The number of rotatable bonds is 11. The second kappa shape index (κ2) is 14.6. The van der Waals surface area contributed by atoms with Crippen LogP contribution in [0.25, 0.3) is 0 Å². The van der Waals surface area contributed by atoms with Gasteiger partial charge >= 0.3 is 0 Å². The van der Waals surface area contributed by atoms with E-state index in [4.69, 9.17) is 4.74 Å². The molecule has 29 heavy (non-hydrogen) atoms. The lowest BCUT2D eigenvalue weighted by Crippen LogP contribution is -2.41. The second-order valence-electron chi connectivity index (χ2n) is 7.09. The van der Waals surface area contributed by atoms with Crippen molar-refractivity contribution in [2.45, 2.75) is 32.7 Å². The highest BCUT2D eigenvalue weighted by Crippen LogP contribution is 2.21. The minimum atomic E-state index is 0. The summed E-state index contributed by atoms with van der Waals surface area (Å²) in [5.41, 5.74) is 2.11. The molecule has 0 saturated carbocycles. The summed E-state index contributed by atoms with van der Waals surface area (Å²) >= 11 is 0. The largest absolute Gasteiger partial charge is 0.385 e. The van der Waals surface area contributed by atoms with Crippen LogP contribution in [0.15, 0.2) is 29.3 Å². The Morgan fingerprint density at radius 2 is 2.00 bits per heavy atom. The molecule has 1 heterocycles. The molecule has 0 bridgehead atoms. The first-order valence-electron chi connectivity index (χ1n) is 10.2. The number of nitrogens with one attached hydrogen (secondary N) is 2. The van der Waals surface area contributed by atoms with E-state index >= 15 is 0 Å². The summed E-state index contributed by atoms with van der Waals surface area (Å²) in [5, 5.41) is 6.68. The van der Waals surface area contributed by atoms with E-state index in [1.807, 2.05) is 17.0 Å². The maximum atomic E-state index is 11.8. The lowest BCUT2D eigenvalue weighted by Gasteiger charge is -2.18. The number of guanidine groups is 1. The van der Waals surface area contributed by atoms with Crippen LogP contribution in [0.4, 0.5) is 5.69 Å². The first kappa shape index (κ1) is 25.6. The SMILES string of the molecule is CCNC(=NCc1ccc(N2CCCC2=O)cc1)NCCN(C)CCCOC.I. The summed E-state index contributed by atoms with van der Waals surface area (Å²) in [6.07, 6.45) is 2.65. The smallest absolute Gasteiger partial charge is 0.227 e. The molecule has 1 aliphatic heterocycles. The zero-order valence-electron chi connectivity index (χ0n) is 17.9. The summed E-state index contributed by atoms with van der Waals surface area (Å²) in [6.45, 7) is 7.93. The van der Waals surface area contributed by atoms with Crippen molar-refractivity contribution >= 4 is 41.5 Å². The summed E-state index contributed by atoms with van der Waals surface area (Å²) in [7, 11) is 3.86. The van der Waals surface area contributed by atoms with Gasteiger partial charge in [0.15, 0.2) is 5.96 Å². The van der Waals surface area contributed by atoms with Crippen molar-refractivity contribution in [3.63, 3.8) is 0 Å². The quantitative estimate of drug-likeness (QED) is 0.204. The number of carbonyl (C=O) groups is 1. The Morgan fingerprint density at radius 3 is 2.62 bits per heavy atom. The Balaban J connectivity index is 0.00000420. The predicted octanol–water partition coefficient (Wildman–Crippen LogP) is 2.45. The number of carbonyl (C=O) groups excluding carboxylic acids is 1. The number of anilines is 1. The molecular formula is C21H36IN5O2. The average molecular weight is 517 g/mol. The van der Waals surface area contributed by atoms with Crippen LogP contribution >= 0.6 is 24.0 Å². The molecule has 2 N–H and O–H groups in total. The molecule has 0 unspecified atom stereocenters. The first-order chi connectivity index (χ1) is 13.6. The third-order valence-electron chi connectivity index (χ3n) is 4.76. The summed E-state index contributed by atoms with van der Waals surface area (Å²) in [6, 6.07) is 8.14. The minimum Gasteiger partial charge on any atom is -0.385 e. The van der Waals surface area contributed by atoms with E-state index in [0.29, 0.717) is 13.0 Å². The number of methoxy groups -OCH3 is 1. The number of likely N-dealkylation sites (N-methyl/N-ethyl adjacent to an activating group) is 1. The number of halogens is 1.